The second kappa shape index (κ2) is 6.66. The van der Waals surface area contributed by atoms with E-state index in [0.717, 1.165) is 18.2 Å². The molecular formula is C10H17Br. The summed E-state index contributed by atoms with van der Waals surface area (Å²) in [5.41, 5.74) is 2.75. The van der Waals surface area contributed by atoms with Crippen molar-refractivity contribution in [1.82, 2.24) is 0 Å². The topological polar surface area (TPSA) is 0 Å². The molecule has 0 unspecified atom stereocenters. The molecule has 0 fully saturated rings. The van der Waals surface area contributed by atoms with Crippen molar-refractivity contribution in [2.45, 2.75) is 33.1 Å². The third kappa shape index (κ3) is 7.86. The molecule has 0 heterocycles. The van der Waals surface area contributed by atoms with Crippen LogP contribution in [0.15, 0.2) is 23.8 Å². The summed E-state index contributed by atoms with van der Waals surface area (Å²) in [5.74, 6) is 0. The van der Waals surface area contributed by atoms with Crippen LogP contribution in [0.1, 0.15) is 33.1 Å². The Balaban J connectivity index is 3.50. The summed E-state index contributed by atoms with van der Waals surface area (Å²) in [6, 6.07) is 0. The van der Waals surface area contributed by atoms with Crippen LogP contribution >= 0.6 is 15.9 Å². The van der Waals surface area contributed by atoms with Gasteiger partial charge < -0.3 is 0 Å². The first-order valence-electron chi connectivity index (χ1n) is 4.02. The zero-order valence-electron chi connectivity index (χ0n) is 7.49. The van der Waals surface area contributed by atoms with Crippen LogP contribution in [0.4, 0.5) is 0 Å². The van der Waals surface area contributed by atoms with E-state index in [4.69, 9.17) is 0 Å². The highest BCUT2D eigenvalue weighted by Gasteiger charge is 1.89. The third-order valence-electron chi connectivity index (χ3n) is 1.55. The zero-order valence-corrected chi connectivity index (χ0v) is 9.08. The molecule has 0 saturated carbocycles. The molecule has 0 nitrogen and oxygen atoms in total. The summed E-state index contributed by atoms with van der Waals surface area (Å²) >= 11 is 3.40. The normalized spacial score (nSPS) is 11.7. The molecule has 0 atom stereocenters. The number of alkyl halides is 1. The SMILES string of the molecule is C=C(C)CCC(C)=CCCBr. The Bertz CT molecular complexity index is 145. The van der Waals surface area contributed by atoms with Crippen molar-refractivity contribution in [1.29, 1.82) is 0 Å². The fourth-order valence-electron chi connectivity index (χ4n) is 0.814. The van der Waals surface area contributed by atoms with E-state index < -0.39 is 0 Å². The van der Waals surface area contributed by atoms with Crippen LogP contribution < -0.4 is 0 Å². The maximum absolute atomic E-state index is 3.87. The van der Waals surface area contributed by atoms with E-state index in [9.17, 15) is 0 Å². The van der Waals surface area contributed by atoms with E-state index in [0.29, 0.717) is 0 Å². The smallest absolute Gasteiger partial charge is 0.00660 e. The summed E-state index contributed by atoms with van der Waals surface area (Å²) in [6.07, 6.45) is 5.73. The van der Waals surface area contributed by atoms with Gasteiger partial charge in [0.2, 0.25) is 0 Å². The second-order valence-electron chi connectivity index (χ2n) is 2.99. The fraction of sp³-hybridized carbons (Fsp3) is 0.600. The van der Waals surface area contributed by atoms with Gasteiger partial charge >= 0.3 is 0 Å². The lowest BCUT2D eigenvalue weighted by Crippen LogP contribution is -1.80. The Morgan fingerprint density at radius 3 is 2.45 bits per heavy atom. The van der Waals surface area contributed by atoms with Crippen LogP contribution in [0, 0.1) is 0 Å². The Kier molecular flexibility index (Phi) is 6.63. The van der Waals surface area contributed by atoms with Crippen LogP contribution in [-0.2, 0) is 0 Å². The minimum Gasteiger partial charge on any atom is -0.100 e. The van der Waals surface area contributed by atoms with E-state index in [1.807, 2.05) is 0 Å². The van der Waals surface area contributed by atoms with Crippen molar-refractivity contribution >= 4 is 15.9 Å². The van der Waals surface area contributed by atoms with E-state index in [-0.39, 0.29) is 0 Å². The Morgan fingerprint density at radius 1 is 1.36 bits per heavy atom. The van der Waals surface area contributed by atoms with E-state index in [2.05, 4.69) is 42.4 Å². The standard InChI is InChI=1S/C10H17Br/c1-9(2)6-7-10(3)5-4-8-11/h5H,1,4,6-8H2,2-3H3. The van der Waals surface area contributed by atoms with Crippen molar-refractivity contribution in [3.63, 3.8) is 0 Å². The molecule has 0 aliphatic heterocycles. The van der Waals surface area contributed by atoms with Crippen molar-refractivity contribution in [3.05, 3.63) is 23.8 Å². The summed E-state index contributed by atoms with van der Waals surface area (Å²) in [4.78, 5) is 0. The van der Waals surface area contributed by atoms with Crippen LogP contribution in [0.3, 0.4) is 0 Å². The molecule has 0 aromatic rings. The Hall–Kier alpha value is -0.0400. The van der Waals surface area contributed by atoms with Gasteiger partial charge in [-0.2, -0.15) is 0 Å². The molecule has 0 aromatic carbocycles. The Morgan fingerprint density at radius 2 is 2.00 bits per heavy atom. The summed E-state index contributed by atoms with van der Waals surface area (Å²) < 4.78 is 0. The van der Waals surface area contributed by atoms with Gasteiger partial charge in [0.1, 0.15) is 0 Å². The quantitative estimate of drug-likeness (QED) is 0.481. The van der Waals surface area contributed by atoms with Gasteiger partial charge in [0.25, 0.3) is 0 Å². The number of halogens is 1. The first-order valence-corrected chi connectivity index (χ1v) is 5.15. The predicted octanol–water partition coefficient (Wildman–Crippen LogP) is 4.07. The fourth-order valence-corrected chi connectivity index (χ4v) is 1.04. The van der Waals surface area contributed by atoms with E-state index in [1.165, 1.54) is 17.6 Å². The van der Waals surface area contributed by atoms with Gasteiger partial charge in [-0.1, -0.05) is 33.2 Å². The van der Waals surface area contributed by atoms with Crippen LogP contribution in [0.5, 0.6) is 0 Å². The lowest BCUT2D eigenvalue weighted by Gasteiger charge is -1.99. The average Bonchev–Trinajstić information content (AvgIpc) is 1.97. The minimum atomic E-state index is 1.07. The highest BCUT2D eigenvalue weighted by molar-refractivity contribution is 9.09. The van der Waals surface area contributed by atoms with Gasteiger partial charge in [0, 0.05) is 5.33 Å². The number of rotatable bonds is 5. The van der Waals surface area contributed by atoms with Crippen LogP contribution in [0.25, 0.3) is 0 Å². The van der Waals surface area contributed by atoms with Crippen molar-refractivity contribution in [2.24, 2.45) is 0 Å². The van der Waals surface area contributed by atoms with Gasteiger partial charge in [0.15, 0.2) is 0 Å². The molecule has 0 aromatic heterocycles. The molecule has 11 heavy (non-hydrogen) atoms. The molecular weight excluding hydrogens is 200 g/mol. The molecule has 0 N–H and O–H groups in total. The maximum Gasteiger partial charge on any atom is 0.00660 e. The molecule has 1 heteroatoms. The molecule has 64 valence electrons. The van der Waals surface area contributed by atoms with Gasteiger partial charge in [0.05, 0.1) is 0 Å². The van der Waals surface area contributed by atoms with Crippen molar-refractivity contribution in [2.75, 3.05) is 5.33 Å². The van der Waals surface area contributed by atoms with Crippen molar-refractivity contribution in [3.8, 4) is 0 Å². The first-order chi connectivity index (χ1) is 5.16. The molecule has 0 saturated heterocycles. The number of allylic oxidation sites excluding steroid dienone is 3. The summed E-state index contributed by atoms with van der Waals surface area (Å²) in [5, 5.41) is 1.07. The maximum atomic E-state index is 3.87. The lowest BCUT2D eigenvalue weighted by molar-refractivity contribution is 0.919. The van der Waals surface area contributed by atoms with Gasteiger partial charge in [-0.3, -0.25) is 0 Å². The van der Waals surface area contributed by atoms with Crippen LogP contribution in [-0.4, -0.2) is 5.33 Å². The minimum absolute atomic E-state index is 1.07. The Labute approximate surface area is 78.5 Å². The zero-order chi connectivity index (χ0) is 8.69. The lowest BCUT2D eigenvalue weighted by atomic mass is 10.1. The third-order valence-corrected chi connectivity index (χ3v) is 2.01. The van der Waals surface area contributed by atoms with Gasteiger partial charge in [-0.15, -0.1) is 6.58 Å². The predicted molar refractivity (Wildman–Crippen MR) is 56.2 cm³/mol. The summed E-state index contributed by atoms with van der Waals surface area (Å²) in [6.45, 7) is 8.14. The average molecular weight is 217 g/mol. The molecule has 0 bridgehead atoms. The highest BCUT2D eigenvalue weighted by atomic mass is 79.9. The molecule has 0 aliphatic carbocycles. The van der Waals surface area contributed by atoms with Gasteiger partial charge in [-0.25, -0.2) is 0 Å². The van der Waals surface area contributed by atoms with E-state index >= 15 is 0 Å². The highest BCUT2D eigenvalue weighted by Crippen LogP contribution is 2.09. The number of hydrogen-bond donors (Lipinski definition) is 0. The molecule has 0 aliphatic rings. The van der Waals surface area contributed by atoms with Crippen molar-refractivity contribution < 1.29 is 0 Å². The number of hydrogen-bond acceptors (Lipinski definition) is 0. The monoisotopic (exact) mass is 216 g/mol. The second-order valence-corrected chi connectivity index (χ2v) is 3.78. The van der Waals surface area contributed by atoms with Gasteiger partial charge in [-0.05, 0) is 33.1 Å². The molecule has 0 amide bonds. The molecule has 0 spiro atoms. The van der Waals surface area contributed by atoms with Crippen LogP contribution in [0.2, 0.25) is 0 Å². The molecule has 0 rings (SSSR count). The van der Waals surface area contributed by atoms with E-state index in [1.54, 1.807) is 0 Å². The largest absolute Gasteiger partial charge is 0.100 e. The molecule has 0 radical (unpaired) electrons. The summed E-state index contributed by atoms with van der Waals surface area (Å²) in [7, 11) is 0. The first kappa shape index (κ1) is 11.0.